The zero-order valence-corrected chi connectivity index (χ0v) is 19.7. The van der Waals surface area contributed by atoms with Crippen molar-refractivity contribution in [3.8, 4) is 23.0 Å². The van der Waals surface area contributed by atoms with Gasteiger partial charge in [0.25, 0.3) is 0 Å². The van der Waals surface area contributed by atoms with E-state index in [9.17, 15) is 23.1 Å². The first kappa shape index (κ1) is 24.4. The molecule has 10 nitrogen and oxygen atoms in total. The van der Waals surface area contributed by atoms with Crippen LogP contribution in [-0.4, -0.2) is 58.3 Å². The Morgan fingerprint density at radius 2 is 1.91 bits per heavy atom. The number of hydrogen-bond acceptors (Lipinski definition) is 9. The number of carbonyl (C=O) groups excluding carboxylic acids is 1. The number of methoxy groups -OCH3 is 3. The molecular formula is C22H27NO9S. The second-order valence-corrected chi connectivity index (χ2v) is 10.0. The fraction of sp³-hybridized carbons (Fsp3) is 0.455. The molecule has 3 rings (SSSR count). The Balaban J connectivity index is 2.08. The lowest BCUT2D eigenvalue weighted by molar-refractivity contribution is -0.121. The first-order chi connectivity index (χ1) is 15.6. The van der Waals surface area contributed by atoms with Gasteiger partial charge in [0.05, 0.1) is 38.4 Å². The molecule has 1 amide bonds. The molecule has 0 spiro atoms. The maximum atomic E-state index is 12.9. The van der Waals surface area contributed by atoms with Crippen LogP contribution in [0.15, 0.2) is 27.4 Å². The van der Waals surface area contributed by atoms with Gasteiger partial charge in [0.1, 0.15) is 11.5 Å². The largest absolute Gasteiger partial charge is 0.507 e. The van der Waals surface area contributed by atoms with Crippen molar-refractivity contribution in [2.24, 2.45) is 0 Å². The van der Waals surface area contributed by atoms with Gasteiger partial charge in [-0.2, -0.15) is 0 Å². The molecule has 1 saturated heterocycles. The number of carbonyl (C=O) groups is 1. The topological polar surface area (TPSA) is 141 Å². The van der Waals surface area contributed by atoms with Crippen LogP contribution in [0.3, 0.4) is 0 Å². The normalized spacial score (nSPS) is 17.9. The fourth-order valence-electron chi connectivity index (χ4n) is 4.07. The smallest absolute Gasteiger partial charge is 0.343 e. The molecule has 0 unspecified atom stereocenters. The number of ether oxygens (including phenoxy) is 3. The minimum atomic E-state index is -3.19. The number of sulfone groups is 1. The quantitative estimate of drug-likeness (QED) is 0.574. The molecule has 1 fully saturated rings. The van der Waals surface area contributed by atoms with Gasteiger partial charge in [0, 0.05) is 30.0 Å². The molecule has 2 aromatic rings. The first-order valence-corrected chi connectivity index (χ1v) is 12.0. The number of benzene rings is 1. The molecular weight excluding hydrogens is 454 g/mol. The number of amides is 1. The third kappa shape index (κ3) is 5.24. The van der Waals surface area contributed by atoms with Crippen molar-refractivity contribution in [2.45, 2.75) is 31.7 Å². The average molecular weight is 482 g/mol. The number of aromatic hydroxyl groups is 1. The van der Waals surface area contributed by atoms with E-state index >= 15 is 0 Å². The van der Waals surface area contributed by atoms with E-state index in [1.54, 1.807) is 12.1 Å². The van der Waals surface area contributed by atoms with E-state index < -0.39 is 33.3 Å². The summed E-state index contributed by atoms with van der Waals surface area (Å²) in [5.41, 5.74) is -0.540. The molecule has 0 bridgehead atoms. The summed E-state index contributed by atoms with van der Waals surface area (Å²) >= 11 is 0. The van der Waals surface area contributed by atoms with Gasteiger partial charge in [-0.3, -0.25) is 4.79 Å². The highest BCUT2D eigenvalue weighted by atomic mass is 32.2. The summed E-state index contributed by atoms with van der Waals surface area (Å²) in [5, 5.41) is 13.3. The summed E-state index contributed by atoms with van der Waals surface area (Å²) in [6, 6.07) is 3.98. The SMILES string of the molecule is COc1ccc([C@H](CC(=O)N[C@@H]2CCS(=O)(=O)C2)c2c(O)cc(C)oc2=O)c(OC)c1OC. The van der Waals surface area contributed by atoms with Gasteiger partial charge in [-0.1, -0.05) is 6.07 Å². The number of nitrogens with one attached hydrogen (secondary N) is 1. The van der Waals surface area contributed by atoms with Crippen molar-refractivity contribution in [1.82, 2.24) is 5.32 Å². The molecule has 1 aliphatic rings. The Hall–Kier alpha value is -3.21. The van der Waals surface area contributed by atoms with Crippen LogP contribution in [0.5, 0.6) is 23.0 Å². The Morgan fingerprint density at radius 1 is 1.21 bits per heavy atom. The molecule has 2 N–H and O–H groups in total. The van der Waals surface area contributed by atoms with Crippen LogP contribution in [0.4, 0.5) is 0 Å². The van der Waals surface area contributed by atoms with Gasteiger partial charge in [-0.25, -0.2) is 13.2 Å². The molecule has 0 radical (unpaired) electrons. The monoisotopic (exact) mass is 481 g/mol. The Kier molecular flexibility index (Phi) is 7.21. The third-order valence-corrected chi connectivity index (χ3v) is 7.30. The number of aryl methyl sites for hydroxylation is 1. The van der Waals surface area contributed by atoms with Crippen molar-refractivity contribution < 1.29 is 36.9 Å². The van der Waals surface area contributed by atoms with Crippen LogP contribution < -0.4 is 25.2 Å². The van der Waals surface area contributed by atoms with Gasteiger partial charge >= 0.3 is 5.63 Å². The fourth-order valence-corrected chi connectivity index (χ4v) is 5.75. The van der Waals surface area contributed by atoms with Crippen molar-refractivity contribution in [3.05, 3.63) is 45.5 Å². The molecule has 2 heterocycles. The number of rotatable bonds is 8. The second-order valence-electron chi connectivity index (χ2n) is 7.79. The second kappa shape index (κ2) is 9.74. The highest BCUT2D eigenvalue weighted by Crippen LogP contribution is 2.45. The van der Waals surface area contributed by atoms with E-state index in [2.05, 4.69) is 5.32 Å². The molecule has 180 valence electrons. The maximum Gasteiger partial charge on any atom is 0.343 e. The average Bonchev–Trinajstić information content (AvgIpc) is 3.08. The van der Waals surface area contributed by atoms with E-state index in [0.717, 1.165) is 0 Å². The lowest BCUT2D eigenvalue weighted by atomic mass is 9.87. The minimum absolute atomic E-state index is 0.00716. The van der Waals surface area contributed by atoms with E-state index in [-0.39, 0.29) is 46.5 Å². The zero-order chi connectivity index (χ0) is 24.3. The summed E-state index contributed by atoms with van der Waals surface area (Å²) in [7, 11) is 1.09. The van der Waals surface area contributed by atoms with Crippen molar-refractivity contribution >= 4 is 15.7 Å². The molecule has 1 aromatic heterocycles. The van der Waals surface area contributed by atoms with Gasteiger partial charge in [-0.05, 0) is 19.4 Å². The highest BCUT2D eigenvalue weighted by Gasteiger charge is 2.33. The summed E-state index contributed by atoms with van der Waals surface area (Å²) in [6.45, 7) is 1.52. The van der Waals surface area contributed by atoms with Gasteiger partial charge in [0.15, 0.2) is 21.3 Å². The van der Waals surface area contributed by atoms with E-state index in [1.165, 1.54) is 34.3 Å². The van der Waals surface area contributed by atoms with Crippen molar-refractivity contribution in [3.63, 3.8) is 0 Å². The van der Waals surface area contributed by atoms with E-state index in [0.29, 0.717) is 17.7 Å². The maximum absolute atomic E-state index is 12.9. The van der Waals surface area contributed by atoms with Crippen LogP contribution in [-0.2, 0) is 14.6 Å². The van der Waals surface area contributed by atoms with E-state index in [1.807, 2.05) is 0 Å². The lowest BCUT2D eigenvalue weighted by Gasteiger charge is -2.23. The minimum Gasteiger partial charge on any atom is -0.507 e. The van der Waals surface area contributed by atoms with E-state index in [4.69, 9.17) is 18.6 Å². The van der Waals surface area contributed by atoms with Crippen LogP contribution in [0.2, 0.25) is 0 Å². The molecule has 2 atom stereocenters. The highest BCUT2D eigenvalue weighted by molar-refractivity contribution is 7.91. The van der Waals surface area contributed by atoms with Crippen LogP contribution in [0.1, 0.15) is 35.6 Å². The van der Waals surface area contributed by atoms with Gasteiger partial charge < -0.3 is 29.1 Å². The summed E-state index contributed by atoms with van der Waals surface area (Å²) in [6.07, 6.45) is 0.0418. The Bertz CT molecular complexity index is 1200. The Morgan fingerprint density at radius 3 is 2.45 bits per heavy atom. The standard InChI is InChI=1S/C22H27NO9S/c1-12-9-16(24)19(22(26)32-12)15(10-18(25)23-13-7-8-33(27,28)11-13)14-5-6-17(29-2)21(31-4)20(14)30-3/h5-6,9,13,15,24H,7-8,10-11H2,1-4H3,(H,23,25)/t13-,15+/m1/s1. The van der Waals surface area contributed by atoms with Crippen molar-refractivity contribution in [1.29, 1.82) is 0 Å². The lowest BCUT2D eigenvalue weighted by Crippen LogP contribution is -2.36. The molecule has 1 aromatic carbocycles. The summed E-state index contributed by atoms with van der Waals surface area (Å²) in [5.74, 6) is -0.876. The number of hydrogen-bond donors (Lipinski definition) is 2. The third-order valence-electron chi connectivity index (χ3n) is 5.54. The van der Waals surface area contributed by atoms with Crippen LogP contribution in [0.25, 0.3) is 0 Å². The predicted octanol–water partition coefficient (Wildman–Crippen LogP) is 1.50. The molecule has 33 heavy (non-hydrogen) atoms. The molecule has 0 aliphatic carbocycles. The molecule has 0 saturated carbocycles. The van der Waals surface area contributed by atoms with Crippen molar-refractivity contribution in [2.75, 3.05) is 32.8 Å². The van der Waals surface area contributed by atoms with Crippen LogP contribution >= 0.6 is 0 Å². The predicted molar refractivity (Wildman–Crippen MR) is 119 cm³/mol. The summed E-state index contributed by atoms with van der Waals surface area (Å²) < 4.78 is 44.9. The molecule has 11 heteroatoms. The first-order valence-electron chi connectivity index (χ1n) is 10.2. The zero-order valence-electron chi connectivity index (χ0n) is 18.8. The van der Waals surface area contributed by atoms with Gasteiger partial charge in [-0.15, -0.1) is 0 Å². The van der Waals surface area contributed by atoms with Gasteiger partial charge in [0.2, 0.25) is 11.7 Å². The summed E-state index contributed by atoms with van der Waals surface area (Å²) in [4.78, 5) is 25.6. The van der Waals surface area contributed by atoms with Crippen LogP contribution in [0, 0.1) is 6.92 Å². The molecule has 1 aliphatic heterocycles. The Labute approximate surface area is 191 Å².